The van der Waals surface area contributed by atoms with Crippen LogP contribution in [-0.2, 0) is 6.61 Å². The number of benzene rings is 1. The molecule has 5 nitrogen and oxygen atoms in total. The maximum atomic E-state index is 14.6. The van der Waals surface area contributed by atoms with Crippen LogP contribution in [0, 0.1) is 5.82 Å². The van der Waals surface area contributed by atoms with Crippen molar-refractivity contribution in [2.75, 3.05) is 26.2 Å². The van der Waals surface area contributed by atoms with Crippen LogP contribution in [0.3, 0.4) is 0 Å². The maximum absolute atomic E-state index is 14.6. The number of carbonyl (C=O) groups excluding carboxylic acids is 1. The standard InChI is InChI=1S/C20H24FN3O2S/c21-19-10-17(26-12-15-13-27-14-22-15)5-6-18(19)20(25)24-9-3-4-16(24)11-23-7-1-2-8-23/h5-6,10,13-14,16H,1-4,7-9,11-12H2. The summed E-state index contributed by atoms with van der Waals surface area (Å²) in [5, 5.41) is 1.89. The molecule has 0 saturated carbocycles. The van der Waals surface area contributed by atoms with Gasteiger partial charge in [-0.1, -0.05) is 0 Å². The van der Waals surface area contributed by atoms with E-state index in [2.05, 4.69) is 9.88 Å². The molecule has 2 saturated heterocycles. The van der Waals surface area contributed by atoms with E-state index in [1.165, 1.54) is 30.2 Å². The third-order valence-electron chi connectivity index (χ3n) is 5.35. The average molecular weight is 389 g/mol. The summed E-state index contributed by atoms with van der Waals surface area (Å²) in [4.78, 5) is 21.3. The minimum atomic E-state index is -0.525. The van der Waals surface area contributed by atoms with E-state index in [1.54, 1.807) is 17.6 Å². The van der Waals surface area contributed by atoms with Gasteiger partial charge in [-0.05, 0) is 50.9 Å². The molecule has 4 rings (SSSR count). The van der Waals surface area contributed by atoms with Crippen molar-refractivity contribution in [1.82, 2.24) is 14.8 Å². The number of aromatic nitrogens is 1. The molecule has 27 heavy (non-hydrogen) atoms. The van der Waals surface area contributed by atoms with Gasteiger partial charge in [-0.25, -0.2) is 9.37 Å². The zero-order valence-corrected chi connectivity index (χ0v) is 16.1. The minimum Gasteiger partial charge on any atom is -0.487 e. The molecule has 1 aromatic carbocycles. The average Bonchev–Trinajstić information content (AvgIpc) is 3.43. The topological polar surface area (TPSA) is 45.7 Å². The van der Waals surface area contributed by atoms with Crippen molar-refractivity contribution in [1.29, 1.82) is 0 Å². The Morgan fingerprint density at radius 3 is 2.85 bits per heavy atom. The predicted octanol–water partition coefficient (Wildman–Crippen LogP) is 3.56. The van der Waals surface area contributed by atoms with Gasteiger partial charge >= 0.3 is 0 Å². The smallest absolute Gasteiger partial charge is 0.257 e. The number of carbonyl (C=O) groups is 1. The molecule has 3 heterocycles. The molecule has 2 aliphatic heterocycles. The first kappa shape index (κ1) is 18.4. The lowest BCUT2D eigenvalue weighted by Crippen LogP contribution is -2.42. The first-order valence-corrected chi connectivity index (χ1v) is 10.5. The highest BCUT2D eigenvalue weighted by Crippen LogP contribution is 2.25. The van der Waals surface area contributed by atoms with E-state index in [9.17, 15) is 9.18 Å². The van der Waals surface area contributed by atoms with Crippen LogP contribution in [0.4, 0.5) is 4.39 Å². The predicted molar refractivity (Wildman–Crippen MR) is 103 cm³/mol. The molecule has 1 amide bonds. The van der Waals surface area contributed by atoms with E-state index in [-0.39, 0.29) is 17.5 Å². The second kappa shape index (κ2) is 8.35. The Bertz CT molecular complexity index is 778. The molecule has 2 fully saturated rings. The number of thiazole rings is 1. The molecule has 0 aliphatic carbocycles. The van der Waals surface area contributed by atoms with Crippen molar-refractivity contribution in [2.24, 2.45) is 0 Å². The second-order valence-electron chi connectivity index (χ2n) is 7.21. The van der Waals surface area contributed by atoms with Crippen LogP contribution in [0.5, 0.6) is 5.75 Å². The summed E-state index contributed by atoms with van der Waals surface area (Å²) in [6.45, 7) is 4.12. The largest absolute Gasteiger partial charge is 0.487 e. The fourth-order valence-electron chi connectivity index (χ4n) is 3.94. The van der Waals surface area contributed by atoms with Gasteiger partial charge in [0, 0.05) is 30.6 Å². The fraction of sp³-hybridized carbons (Fsp3) is 0.500. The van der Waals surface area contributed by atoms with Gasteiger partial charge in [0.2, 0.25) is 0 Å². The minimum absolute atomic E-state index is 0.129. The van der Waals surface area contributed by atoms with Gasteiger partial charge in [0.1, 0.15) is 18.2 Å². The lowest BCUT2D eigenvalue weighted by molar-refractivity contribution is 0.0704. The molecule has 0 spiro atoms. The van der Waals surface area contributed by atoms with Crippen molar-refractivity contribution in [3.05, 3.63) is 46.2 Å². The first-order chi connectivity index (χ1) is 13.2. The highest BCUT2D eigenvalue weighted by atomic mass is 32.1. The van der Waals surface area contributed by atoms with E-state index in [4.69, 9.17) is 4.74 Å². The Hall–Kier alpha value is -1.99. The molecule has 144 valence electrons. The Morgan fingerprint density at radius 2 is 2.11 bits per heavy atom. The number of hydrogen-bond donors (Lipinski definition) is 0. The molecular weight excluding hydrogens is 365 g/mol. The van der Waals surface area contributed by atoms with Crippen LogP contribution in [0.25, 0.3) is 0 Å². The summed E-state index contributed by atoms with van der Waals surface area (Å²) in [5.74, 6) is -0.324. The van der Waals surface area contributed by atoms with E-state index in [1.807, 2.05) is 10.3 Å². The summed E-state index contributed by atoms with van der Waals surface area (Å²) in [7, 11) is 0. The van der Waals surface area contributed by atoms with Gasteiger partial charge in [0.25, 0.3) is 5.91 Å². The van der Waals surface area contributed by atoms with Crippen LogP contribution in [0.15, 0.2) is 29.1 Å². The van der Waals surface area contributed by atoms with Gasteiger partial charge in [-0.15, -0.1) is 11.3 Å². The zero-order valence-electron chi connectivity index (χ0n) is 15.3. The van der Waals surface area contributed by atoms with Crippen LogP contribution in [0.1, 0.15) is 41.7 Å². The Morgan fingerprint density at radius 1 is 1.26 bits per heavy atom. The lowest BCUT2D eigenvalue weighted by Gasteiger charge is -2.28. The van der Waals surface area contributed by atoms with Gasteiger partial charge in [-0.3, -0.25) is 4.79 Å². The molecular formula is C20H24FN3O2S. The number of likely N-dealkylation sites (tertiary alicyclic amines) is 2. The van der Waals surface area contributed by atoms with Crippen molar-refractivity contribution < 1.29 is 13.9 Å². The third kappa shape index (κ3) is 4.30. The number of nitrogens with zero attached hydrogens (tertiary/aromatic N) is 3. The first-order valence-electron chi connectivity index (χ1n) is 9.53. The van der Waals surface area contributed by atoms with E-state index in [0.717, 1.165) is 38.2 Å². The highest BCUT2D eigenvalue weighted by Gasteiger charge is 2.32. The number of halogens is 1. The zero-order chi connectivity index (χ0) is 18.6. The van der Waals surface area contributed by atoms with Gasteiger partial charge in [-0.2, -0.15) is 0 Å². The number of amides is 1. The van der Waals surface area contributed by atoms with E-state index < -0.39 is 5.82 Å². The van der Waals surface area contributed by atoms with Gasteiger partial charge in [0.05, 0.1) is 16.8 Å². The van der Waals surface area contributed by atoms with Crippen molar-refractivity contribution in [2.45, 2.75) is 38.3 Å². The molecule has 1 aromatic heterocycles. The fourth-order valence-corrected chi connectivity index (χ4v) is 4.48. The Kier molecular flexibility index (Phi) is 5.69. The summed E-state index contributed by atoms with van der Waals surface area (Å²) in [5.41, 5.74) is 2.67. The van der Waals surface area contributed by atoms with Crippen molar-refractivity contribution >= 4 is 17.2 Å². The van der Waals surface area contributed by atoms with Gasteiger partial charge < -0.3 is 14.5 Å². The van der Waals surface area contributed by atoms with Crippen LogP contribution in [-0.4, -0.2) is 52.9 Å². The van der Waals surface area contributed by atoms with E-state index >= 15 is 0 Å². The highest BCUT2D eigenvalue weighted by molar-refractivity contribution is 7.07. The molecule has 1 atom stereocenters. The van der Waals surface area contributed by atoms with Crippen molar-refractivity contribution in [3.8, 4) is 5.75 Å². The van der Waals surface area contributed by atoms with E-state index in [0.29, 0.717) is 18.9 Å². The Labute approximate surface area is 162 Å². The summed E-state index contributed by atoms with van der Waals surface area (Å²) in [6, 6.07) is 4.69. The molecule has 7 heteroatoms. The van der Waals surface area contributed by atoms with Crippen molar-refractivity contribution in [3.63, 3.8) is 0 Å². The molecule has 2 aromatic rings. The lowest BCUT2D eigenvalue weighted by atomic mass is 10.1. The Balaban J connectivity index is 1.41. The van der Waals surface area contributed by atoms with Crippen LogP contribution in [0.2, 0.25) is 0 Å². The molecule has 0 radical (unpaired) electrons. The number of rotatable bonds is 6. The molecule has 0 bridgehead atoms. The number of hydrogen-bond acceptors (Lipinski definition) is 5. The third-order valence-corrected chi connectivity index (χ3v) is 5.98. The van der Waals surface area contributed by atoms with Crippen LogP contribution >= 0.6 is 11.3 Å². The summed E-state index contributed by atoms with van der Waals surface area (Å²) in [6.07, 6.45) is 4.45. The normalized spacial score (nSPS) is 20.3. The second-order valence-corrected chi connectivity index (χ2v) is 7.93. The summed E-state index contributed by atoms with van der Waals surface area (Å²) >= 11 is 1.49. The SMILES string of the molecule is O=C(c1ccc(OCc2cscn2)cc1F)N1CCCC1CN1CCCC1. The monoisotopic (exact) mass is 389 g/mol. The maximum Gasteiger partial charge on any atom is 0.257 e. The van der Waals surface area contributed by atoms with Gasteiger partial charge in [0.15, 0.2) is 0 Å². The number of ether oxygens (including phenoxy) is 1. The van der Waals surface area contributed by atoms with Crippen LogP contribution < -0.4 is 4.74 Å². The molecule has 0 N–H and O–H groups in total. The quantitative estimate of drug-likeness (QED) is 0.758. The molecule has 1 unspecified atom stereocenters. The molecule has 2 aliphatic rings. The summed E-state index contributed by atoms with van der Waals surface area (Å²) < 4.78 is 20.2.